The number of hydrogen-bond donors (Lipinski definition) is 1. The van der Waals surface area contributed by atoms with Gasteiger partial charge in [0.1, 0.15) is 5.75 Å². The number of halogens is 1. The molecule has 1 N–H and O–H groups in total. The number of nitrogens with zero attached hydrogens (tertiary/aromatic N) is 2. The number of amides is 1. The molecular formula is C20H20BrN3O3. The van der Waals surface area contributed by atoms with Crippen molar-refractivity contribution in [3.63, 3.8) is 0 Å². The molecule has 27 heavy (non-hydrogen) atoms. The van der Waals surface area contributed by atoms with Crippen LogP contribution in [0.4, 0.5) is 5.69 Å². The zero-order valence-electron chi connectivity index (χ0n) is 15.2. The lowest BCUT2D eigenvalue weighted by atomic mass is 10.2. The molecule has 0 unspecified atom stereocenters. The van der Waals surface area contributed by atoms with Gasteiger partial charge in [0.15, 0.2) is 0 Å². The predicted octanol–water partition coefficient (Wildman–Crippen LogP) is 4.78. The maximum absolute atomic E-state index is 12.1. The minimum atomic E-state index is -0.0411. The summed E-state index contributed by atoms with van der Waals surface area (Å²) >= 11 is 3.46. The molecule has 6 nitrogen and oxygen atoms in total. The number of methoxy groups -OCH3 is 1. The van der Waals surface area contributed by atoms with Crippen LogP contribution in [-0.2, 0) is 11.2 Å². The molecule has 0 aliphatic carbocycles. The molecule has 1 heterocycles. The second-order valence-electron chi connectivity index (χ2n) is 6.11. The summed E-state index contributed by atoms with van der Waals surface area (Å²) in [5.74, 6) is 1.78. The Morgan fingerprint density at radius 2 is 2.00 bits per heavy atom. The highest BCUT2D eigenvalue weighted by Gasteiger charge is 2.10. The Balaban J connectivity index is 1.49. The Bertz CT molecular complexity index is 922. The van der Waals surface area contributed by atoms with Crippen molar-refractivity contribution in [2.45, 2.75) is 26.2 Å². The largest absolute Gasteiger partial charge is 0.497 e. The molecule has 0 saturated heterocycles. The van der Waals surface area contributed by atoms with Crippen LogP contribution in [0, 0.1) is 6.92 Å². The minimum Gasteiger partial charge on any atom is -0.497 e. The minimum absolute atomic E-state index is 0.0411. The third-order valence-electron chi connectivity index (χ3n) is 4.07. The summed E-state index contributed by atoms with van der Waals surface area (Å²) in [6.45, 7) is 2.00. The van der Waals surface area contributed by atoms with E-state index in [9.17, 15) is 4.79 Å². The Hall–Kier alpha value is -2.67. The van der Waals surface area contributed by atoms with E-state index in [2.05, 4.69) is 31.4 Å². The van der Waals surface area contributed by atoms with Crippen molar-refractivity contribution in [3.8, 4) is 17.1 Å². The number of aromatic nitrogens is 2. The van der Waals surface area contributed by atoms with Crippen LogP contribution in [0.15, 0.2) is 51.5 Å². The zero-order chi connectivity index (χ0) is 19.2. The molecule has 3 aromatic rings. The van der Waals surface area contributed by atoms with Gasteiger partial charge in [-0.2, -0.15) is 4.98 Å². The average Bonchev–Trinajstić information content (AvgIpc) is 3.14. The van der Waals surface area contributed by atoms with Crippen LogP contribution in [0.2, 0.25) is 0 Å². The molecule has 0 atom stereocenters. The molecule has 0 fully saturated rings. The number of hydrogen-bond acceptors (Lipinski definition) is 5. The molecule has 1 aromatic heterocycles. The third-order valence-corrected chi connectivity index (χ3v) is 4.92. The zero-order valence-corrected chi connectivity index (χ0v) is 16.7. The van der Waals surface area contributed by atoms with Crippen LogP contribution in [0.3, 0.4) is 0 Å². The van der Waals surface area contributed by atoms with E-state index >= 15 is 0 Å². The summed E-state index contributed by atoms with van der Waals surface area (Å²) in [6.07, 6.45) is 1.56. The van der Waals surface area contributed by atoms with Crippen molar-refractivity contribution in [2.24, 2.45) is 0 Å². The van der Waals surface area contributed by atoms with Crippen molar-refractivity contribution in [1.82, 2.24) is 10.1 Å². The molecule has 1 amide bonds. The summed E-state index contributed by atoms with van der Waals surface area (Å²) in [6, 6.07) is 13.2. The van der Waals surface area contributed by atoms with Crippen LogP contribution in [0.25, 0.3) is 11.4 Å². The second-order valence-corrected chi connectivity index (χ2v) is 6.96. The first kappa shape index (κ1) is 19.1. The predicted molar refractivity (Wildman–Crippen MR) is 107 cm³/mol. The van der Waals surface area contributed by atoms with E-state index in [0.717, 1.165) is 27.0 Å². The summed E-state index contributed by atoms with van der Waals surface area (Å²) < 4.78 is 11.4. The van der Waals surface area contributed by atoms with E-state index in [4.69, 9.17) is 9.26 Å². The normalized spacial score (nSPS) is 10.6. The summed E-state index contributed by atoms with van der Waals surface area (Å²) in [5, 5.41) is 6.88. The van der Waals surface area contributed by atoms with Gasteiger partial charge in [0.25, 0.3) is 0 Å². The molecule has 0 radical (unpaired) electrons. The van der Waals surface area contributed by atoms with E-state index in [-0.39, 0.29) is 5.91 Å². The van der Waals surface area contributed by atoms with Gasteiger partial charge in [-0.15, -0.1) is 0 Å². The maximum Gasteiger partial charge on any atom is 0.226 e. The fourth-order valence-corrected chi connectivity index (χ4v) is 2.89. The van der Waals surface area contributed by atoms with Crippen LogP contribution in [0.1, 0.15) is 24.3 Å². The van der Waals surface area contributed by atoms with Gasteiger partial charge < -0.3 is 14.6 Å². The lowest BCUT2D eigenvalue weighted by molar-refractivity contribution is -0.116. The highest BCUT2D eigenvalue weighted by molar-refractivity contribution is 9.10. The Kier molecular flexibility index (Phi) is 6.24. The topological polar surface area (TPSA) is 77.2 Å². The monoisotopic (exact) mass is 429 g/mol. The third kappa shape index (κ3) is 5.17. The summed E-state index contributed by atoms with van der Waals surface area (Å²) in [5.41, 5.74) is 2.75. The molecule has 0 saturated carbocycles. The fraction of sp³-hybridized carbons (Fsp3) is 0.250. The van der Waals surface area contributed by atoms with Crippen molar-refractivity contribution in [1.29, 1.82) is 0 Å². The number of nitrogens with one attached hydrogen (secondary N) is 1. The Labute approximate surface area is 166 Å². The van der Waals surface area contributed by atoms with Gasteiger partial charge >= 0.3 is 0 Å². The molecule has 7 heteroatoms. The van der Waals surface area contributed by atoms with Gasteiger partial charge in [-0.05, 0) is 55.3 Å². The van der Waals surface area contributed by atoms with E-state index in [1.54, 1.807) is 7.11 Å². The molecule has 0 bridgehead atoms. The molecule has 0 aliphatic rings. The Morgan fingerprint density at radius 1 is 1.22 bits per heavy atom. The average molecular weight is 430 g/mol. The highest BCUT2D eigenvalue weighted by atomic mass is 79.9. The standard InChI is InChI=1S/C20H20BrN3O3/c1-13-6-9-15(12-17(13)21)22-18(25)4-3-5-19-23-20(24-27-19)14-7-10-16(26-2)11-8-14/h6-12H,3-5H2,1-2H3,(H,22,25). The van der Waals surface area contributed by atoms with Crippen LogP contribution in [0.5, 0.6) is 5.75 Å². The van der Waals surface area contributed by atoms with Crippen molar-refractivity contribution in [2.75, 3.05) is 12.4 Å². The van der Waals surface area contributed by atoms with Crippen molar-refractivity contribution < 1.29 is 14.1 Å². The van der Waals surface area contributed by atoms with E-state index < -0.39 is 0 Å². The quantitative estimate of drug-likeness (QED) is 0.584. The first-order valence-electron chi connectivity index (χ1n) is 8.58. The van der Waals surface area contributed by atoms with Crippen molar-refractivity contribution >= 4 is 27.5 Å². The summed E-state index contributed by atoms with van der Waals surface area (Å²) in [4.78, 5) is 16.5. The summed E-state index contributed by atoms with van der Waals surface area (Å²) in [7, 11) is 1.62. The number of aryl methyl sites for hydroxylation is 2. The van der Waals surface area contributed by atoms with Gasteiger partial charge in [0.05, 0.1) is 7.11 Å². The Morgan fingerprint density at radius 3 is 2.70 bits per heavy atom. The second kappa shape index (κ2) is 8.81. The van der Waals surface area contributed by atoms with Gasteiger partial charge in [0, 0.05) is 28.6 Å². The molecule has 0 aliphatic heterocycles. The smallest absolute Gasteiger partial charge is 0.226 e. The fourth-order valence-electron chi connectivity index (χ4n) is 2.51. The first-order chi connectivity index (χ1) is 13.0. The van der Waals surface area contributed by atoms with Crippen molar-refractivity contribution in [3.05, 3.63) is 58.4 Å². The van der Waals surface area contributed by atoms with E-state index in [1.807, 2.05) is 49.4 Å². The number of carbonyl (C=O) groups is 1. The van der Waals surface area contributed by atoms with E-state index in [0.29, 0.717) is 31.0 Å². The van der Waals surface area contributed by atoms with Crippen LogP contribution >= 0.6 is 15.9 Å². The van der Waals surface area contributed by atoms with Gasteiger partial charge in [-0.1, -0.05) is 27.2 Å². The molecule has 140 valence electrons. The first-order valence-corrected chi connectivity index (χ1v) is 9.37. The highest BCUT2D eigenvalue weighted by Crippen LogP contribution is 2.22. The molecule has 3 rings (SSSR count). The maximum atomic E-state index is 12.1. The van der Waals surface area contributed by atoms with Crippen LogP contribution in [-0.4, -0.2) is 23.2 Å². The van der Waals surface area contributed by atoms with Gasteiger partial charge in [-0.25, -0.2) is 0 Å². The lowest BCUT2D eigenvalue weighted by Crippen LogP contribution is -2.11. The number of carbonyl (C=O) groups excluding carboxylic acids is 1. The van der Waals surface area contributed by atoms with Crippen LogP contribution < -0.4 is 10.1 Å². The van der Waals surface area contributed by atoms with Gasteiger partial charge in [0.2, 0.25) is 17.6 Å². The molecule has 0 spiro atoms. The number of rotatable bonds is 7. The number of anilines is 1. The lowest BCUT2D eigenvalue weighted by Gasteiger charge is -2.06. The molecular weight excluding hydrogens is 410 g/mol. The van der Waals surface area contributed by atoms with Gasteiger partial charge in [-0.3, -0.25) is 4.79 Å². The number of ether oxygens (including phenoxy) is 1. The van der Waals surface area contributed by atoms with E-state index in [1.165, 1.54) is 0 Å². The number of benzene rings is 2. The molecule has 2 aromatic carbocycles. The SMILES string of the molecule is COc1ccc(-c2noc(CCCC(=O)Nc3ccc(C)c(Br)c3)n2)cc1.